The highest BCUT2D eigenvalue weighted by molar-refractivity contribution is 5.76. The molecule has 0 aliphatic rings. The molecule has 0 fully saturated rings. The van der Waals surface area contributed by atoms with Gasteiger partial charge in [-0.2, -0.15) is 0 Å². The van der Waals surface area contributed by atoms with Gasteiger partial charge in [0.25, 0.3) is 0 Å². The van der Waals surface area contributed by atoms with Crippen molar-refractivity contribution in [1.29, 1.82) is 0 Å². The van der Waals surface area contributed by atoms with Crippen LogP contribution in [-0.2, 0) is 4.79 Å². The van der Waals surface area contributed by atoms with Crippen LogP contribution in [0, 0.1) is 0 Å². The fraction of sp³-hybridized carbons (Fsp3) is 0.957. The lowest BCUT2D eigenvalue weighted by molar-refractivity contribution is -0.123. The quantitative estimate of drug-likeness (QED) is 0.184. The molecular weight excluding hydrogens is 334 g/mol. The van der Waals surface area contributed by atoms with E-state index < -0.39 is 5.66 Å². The monoisotopic (exact) mass is 383 g/mol. The van der Waals surface area contributed by atoms with Crippen molar-refractivity contribution in [3.05, 3.63) is 0 Å². The Kier molecular flexibility index (Phi) is 18.3. The van der Waals surface area contributed by atoms with Gasteiger partial charge >= 0.3 is 0 Å². The van der Waals surface area contributed by atoms with Crippen LogP contribution in [0.1, 0.15) is 129 Å². The van der Waals surface area contributed by atoms with Crippen molar-refractivity contribution in [2.24, 2.45) is 11.5 Å². The average molecular weight is 384 g/mol. The Balaban J connectivity index is 3.34. The van der Waals surface area contributed by atoms with Gasteiger partial charge in [-0.3, -0.25) is 4.79 Å². The van der Waals surface area contributed by atoms with Gasteiger partial charge in [-0.1, -0.05) is 110 Å². The second-order valence-corrected chi connectivity index (χ2v) is 8.36. The zero-order valence-corrected chi connectivity index (χ0v) is 18.5. The molecule has 0 aromatic rings. The van der Waals surface area contributed by atoms with E-state index in [0.29, 0.717) is 13.0 Å². The first kappa shape index (κ1) is 26.4. The summed E-state index contributed by atoms with van der Waals surface area (Å²) < 4.78 is 0. The van der Waals surface area contributed by atoms with Crippen molar-refractivity contribution in [2.75, 3.05) is 6.54 Å². The van der Waals surface area contributed by atoms with Gasteiger partial charge in [0.2, 0.25) is 5.91 Å². The third-order valence-corrected chi connectivity index (χ3v) is 5.46. The van der Waals surface area contributed by atoms with Gasteiger partial charge in [-0.25, -0.2) is 0 Å². The number of nitrogens with one attached hydrogen (secondary N) is 1. The minimum absolute atomic E-state index is 0.0473. The van der Waals surface area contributed by atoms with Crippen molar-refractivity contribution < 1.29 is 4.79 Å². The molecule has 0 spiro atoms. The van der Waals surface area contributed by atoms with E-state index in [4.69, 9.17) is 11.5 Å². The van der Waals surface area contributed by atoms with E-state index in [1.807, 2.05) is 0 Å². The summed E-state index contributed by atoms with van der Waals surface area (Å²) >= 11 is 0. The lowest BCUT2D eigenvalue weighted by Gasteiger charge is -2.28. The van der Waals surface area contributed by atoms with Crippen molar-refractivity contribution in [1.82, 2.24) is 5.32 Å². The van der Waals surface area contributed by atoms with E-state index in [1.165, 1.54) is 83.5 Å². The maximum Gasteiger partial charge on any atom is 0.221 e. The van der Waals surface area contributed by atoms with Gasteiger partial charge in [0.05, 0.1) is 0 Å². The summed E-state index contributed by atoms with van der Waals surface area (Å²) in [7, 11) is 0. The number of hydrogen-bond acceptors (Lipinski definition) is 3. The van der Waals surface area contributed by atoms with Crippen LogP contribution in [0.5, 0.6) is 0 Å². The van der Waals surface area contributed by atoms with Gasteiger partial charge in [0, 0.05) is 13.0 Å². The Bertz CT molecular complexity index is 336. The van der Waals surface area contributed by atoms with Gasteiger partial charge in [-0.15, -0.1) is 0 Å². The molecule has 0 rings (SSSR count). The van der Waals surface area contributed by atoms with Crippen LogP contribution >= 0.6 is 0 Å². The molecule has 5 N–H and O–H groups in total. The van der Waals surface area contributed by atoms with Crippen molar-refractivity contribution in [3.8, 4) is 0 Å². The van der Waals surface area contributed by atoms with Crippen LogP contribution in [0.15, 0.2) is 0 Å². The molecule has 0 radical (unpaired) electrons. The molecule has 0 saturated heterocycles. The number of rotatable bonds is 20. The highest BCUT2D eigenvalue weighted by Crippen LogP contribution is 2.14. The molecular formula is C23H49N3O. The molecule has 0 bridgehead atoms. The molecule has 162 valence electrons. The number of carbonyl (C=O) groups excluding carboxylic acids is 1. The van der Waals surface area contributed by atoms with Crippen LogP contribution in [0.2, 0.25) is 0 Å². The van der Waals surface area contributed by atoms with E-state index in [2.05, 4.69) is 19.2 Å². The second-order valence-electron chi connectivity index (χ2n) is 8.36. The van der Waals surface area contributed by atoms with Crippen LogP contribution in [-0.4, -0.2) is 18.1 Å². The molecule has 0 saturated carbocycles. The number of amides is 1. The fourth-order valence-electron chi connectivity index (χ4n) is 3.66. The van der Waals surface area contributed by atoms with Crippen molar-refractivity contribution in [2.45, 2.75) is 135 Å². The number of hydrogen-bond donors (Lipinski definition) is 3. The normalized spacial score (nSPS) is 13.5. The smallest absolute Gasteiger partial charge is 0.221 e. The molecule has 0 aromatic heterocycles. The minimum Gasteiger partial charge on any atom is -0.337 e. The summed E-state index contributed by atoms with van der Waals surface area (Å²) in [4.78, 5) is 12.0. The standard InChI is InChI=1S/C23H49N3O/c1-3-5-6-7-8-9-10-11-12-13-14-15-16-17-18-19-22(27)26-23(25,21-24)20-4-2/h3-21,24-25H2,1-2H3,(H,26,27). The summed E-state index contributed by atoms with van der Waals surface area (Å²) in [5.41, 5.74) is 11.1. The molecule has 4 nitrogen and oxygen atoms in total. The molecule has 0 aromatic carbocycles. The lowest BCUT2D eigenvalue weighted by atomic mass is 10.0. The molecule has 27 heavy (non-hydrogen) atoms. The molecule has 0 heterocycles. The van der Waals surface area contributed by atoms with E-state index in [-0.39, 0.29) is 5.91 Å². The Morgan fingerprint density at radius 3 is 1.48 bits per heavy atom. The summed E-state index contributed by atoms with van der Waals surface area (Å²) in [6.07, 6.45) is 22.3. The first-order chi connectivity index (χ1) is 13.1. The van der Waals surface area contributed by atoms with E-state index in [1.54, 1.807) is 0 Å². The van der Waals surface area contributed by atoms with Gasteiger partial charge in [0.15, 0.2) is 0 Å². The second kappa shape index (κ2) is 18.7. The Morgan fingerprint density at radius 1 is 0.704 bits per heavy atom. The van der Waals surface area contributed by atoms with Crippen LogP contribution in [0.25, 0.3) is 0 Å². The third kappa shape index (κ3) is 17.2. The topological polar surface area (TPSA) is 81.1 Å². The molecule has 0 aliphatic heterocycles. The number of unbranched alkanes of at least 4 members (excludes halogenated alkanes) is 14. The van der Waals surface area contributed by atoms with E-state index in [0.717, 1.165) is 25.7 Å². The molecule has 1 amide bonds. The number of carbonyl (C=O) groups is 1. The molecule has 0 aliphatic carbocycles. The highest BCUT2D eigenvalue weighted by atomic mass is 16.1. The predicted octanol–water partition coefficient (Wildman–Crippen LogP) is 5.78. The lowest BCUT2D eigenvalue weighted by Crippen LogP contribution is -2.60. The summed E-state index contributed by atoms with van der Waals surface area (Å²) in [5.74, 6) is 0.0473. The largest absolute Gasteiger partial charge is 0.337 e. The molecule has 4 heteroatoms. The number of nitrogens with two attached hydrogens (primary N) is 2. The van der Waals surface area contributed by atoms with Gasteiger partial charge < -0.3 is 16.8 Å². The van der Waals surface area contributed by atoms with Crippen molar-refractivity contribution in [3.63, 3.8) is 0 Å². The Labute approximate surface area is 169 Å². The predicted molar refractivity (Wildman–Crippen MR) is 119 cm³/mol. The first-order valence-corrected chi connectivity index (χ1v) is 11.9. The Hall–Kier alpha value is -0.610. The van der Waals surface area contributed by atoms with E-state index >= 15 is 0 Å². The van der Waals surface area contributed by atoms with Crippen LogP contribution in [0.3, 0.4) is 0 Å². The maximum atomic E-state index is 12.0. The Morgan fingerprint density at radius 2 is 1.11 bits per heavy atom. The van der Waals surface area contributed by atoms with Crippen LogP contribution < -0.4 is 16.8 Å². The minimum atomic E-state index is -0.721. The zero-order valence-electron chi connectivity index (χ0n) is 18.5. The van der Waals surface area contributed by atoms with Crippen molar-refractivity contribution >= 4 is 5.91 Å². The van der Waals surface area contributed by atoms with Crippen LogP contribution in [0.4, 0.5) is 0 Å². The zero-order chi connectivity index (χ0) is 20.2. The SMILES string of the molecule is CCCCCCCCCCCCCCCCCC(=O)NC(N)(CN)CCC. The fourth-order valence-corrected chi connectivity index (χ4v) is 3.66. The van der Waals surface area contributed by atoms with E-state index in [9.17, 15) is 4.79 Å². The molecule has 1 unspecified atom stereocenters. The maximum absolute atomic E-state index is 12.0. The highest BCUT2D eigenvalue weighted by Gasteiger charge is 2.23. The first-order valence-electron chi connectivity index (χ1n) is 11.9. The average Bonchev–Trinajstić information content (AvgIpc) is 2.65. The summed E-state index contributed by atoms with van der Waals surface area (Å²) in [5, 5.41) is 2.91. The summed E-state index contributed by atoms with van der Waals surface area (Å²) in [6.45, 7) is 4.63. The third-order valence-electron chi connectivity index (χ3n) is 5.46. The van der Waals surface area contributed by atoms with Gasteiger partial charge in [0.1, 0.15) is 5.66 Å². The van der Waals surface area contributed by atoms with Gasteiger partial charge in [-0.05, 0) is 12.8 Å². The summed E-state index contributed by atoms with van der Waals surface area (Å²) in [6, 6.07) is 0. The molecule has 1 atom stereocenters.